The molecule has 0 radical (unpaired) electrons. The van der Waals surface area contributed by atoms with Crippen molar-refractivity contribution in [3.05, 3.63) is 59.2 Å². The van der Waals surface area contributed by atoms with Gasteiger partial charge in [-0.05, 0) is 81.2 Å². The van der Waals surface area contributed by atoms with Gasteiger partial charge in [0.2, 0.25) is 0 Å². The van der Waals surface area contributed by atoms with Gasteiger partial charge in [0.15, 0.2) is 18.1 Å². The lowest BCUT2D eigenvalue weighted by molar-refractivity contribution is -0.134. The average Bonchev–Trinajstić information content (AvgIpc) is 2.83. The molecule has 1 aliphatic heterocycles. The number of amides is 1. The van der Waals surface area contributed by atoms with Gasteiger partial charge in [-0.25, -0.2) is 0 Å². The number of likely N-dealkylation sites (tertiary alicyclic amines) is 1. The molecule has 5 nitrogen and oxygen atoms in total. The van der Waals surface area contributed by atoms with Gasteiger partial charge in [-0.2, -0.15) is 0 Å². The molecule has 0 bridgehead atoms. The van der Waals surface area contributed by atoms with E-state index in [2.05, 4.69) is 42.6 Å². The van der Waals surface area contributed by atoms with Gasteiger partial charge in [-0.3, -0.25) is 4.79 Å². The van der Waals surface area contributed by atoms with Crippen LogP contribution in [0.25, 0.3) is 0 Å². The summed E-state index contributed by atoms with van der Waals surface area (Å²) < 4.78 is 11.7. The van der Waals surface area contributed by atoms with Crippen molar-refractivity contribution >= 4 is 5.91 Å². The zero-order valence-corrected chi connectivity index (χ0v) is 19.5. The van der Waals surface area contributed by atoms with Crippen LogP contribution in [-0.2, 0) is 23.3 Å². The maximum absolute atomic E-state index is 12.5. The summed E-state index contributed by atoms with van der Waals surface area (Å²) >= 11 is 0. The van der Waals surface area contributed by atoms with Crippen molar-refractivity contribution in [2.24, 2.45) is 0 Å². The zero-order valence-electron chi connectivity index (χ0n) is 19.5. The van der Waals surface area contributed by atoms with Gasteiger partial charge in [-0.1, -0.05) is 30.3 Å². The Morgan fingerprint density at radius 2 is 1.84 bits per heavy atom. The summed E-state index contributed by atoms with van der Waals surface area (Å²) in [6.45, 7) is 7.31. The molecule has 1 aliphatic carbocycles. The number of ether oxygens (including phenoxy) is 2. The van der Waals surface area contributed by atoms with Crippen LogP contribution in [0.5, 0.6) is 11.5 Å². The van der Waals surface area contributed by atoms with E-state index in [1.54, 1.807) is 0 Å². The van der Waals surface area contributed by atoms with Crippen LogP contribution in [0, 0.1) is 0 Å². The van der Waals surface area contributed by atoms with Crippen LogP contribution in [0.3, 0.4) is 0 Å². The number of nitrogens with one attached hydrogen (secondary N) is 1. The molecule has 0 spiro atoms. The molecule has 1 N–H and O–H groups in total. The van der Waals surface area contributed by atoms with Crippen molar-refractivity contribution in [3.63, 3.8) is 0 Å². The third kappa shape index (κ3) is 5.26. The highest BCUT2D eigenvalue weighted by Crippen LogP contribution is 2.35. The normalized spacial score (nSPS) is 20.5. The second-order valence-electron chi connectivity index (χ2n) is 9.14. The van der Waals surface area contributed by atoms with E-state index in [9.17, 15) is 4.79 Å². The van der Waals surface area contributed by atoms with Crippen molar-refractivity contribution < 1.29 is 14.3 Å². The standard InChI is InChI=1S/C27H36N2O3/c1-3-31-25-18-21(13-14-24(25)32-20-26(30)29-16-7-4-8-17-29)19-28-27(2)15-9-11-22-10-5-6-12-23(22)27/h5-6,10,12-14,18,28H,3-4,7-9,11,15-17,19-20H2,1-2H3. The van der Waals surface area contributed by atoms with Gasteiger partial charge in [0.05, 0.1) is 6.61 Å². The Morgan fingerprint density at radius 1 is 1.03 bits per heavy atom. The van der Waals surface area contributed by atoms with Gasteiger partial charge < -0.3 is 19.7 Å². The van der Waals surface area contributed by atoms with E-state index in [4.69, 9.17) is 9.47 Å². The minimum Gasteiger partial charge on any atom is -0.490 e. The van der Waals surface area contributed by atoms with Crippen LogP contribution in [-0.4, -0.2) is 37.1 Å². The van der Waals surface area contributed by atoms with Crippen LogP contribution >= 0.6 is 0 Å². The van der Waals surface area contributed by atoms with E-state index in [0.717, 1.165) is 50.9 Å². The Bertz CT molecular complexity index is 923. The molecule has 1 heterocycles. The molecule has 2 aromatic rings. The van der Waals surface area contributed by atoms with Crippen molar-refractivity contribution in [3.8, 4) is 11.5 Å². The molecule has 2 aliphatic rings. The Kier molecular flexibility index (Phi) is 7.36. The third-order valence-corrected chi connectivity index (χ3v) is 6.79. The number of aryl methyl sites for hydroxylation is 1. The van der Waals surface area contributed by atoms with Gasteiger partial charge in [0.25, 0.3) is 5.91 Å². The first-order chi connectivity index (χ1) is 15.6. The summed E-state index contributed by atoms with van der Waals surface area (Å²) in [4.78, 5) is 14.4. The molecule has 0 saturated carbocycles. The number of rotatable bonds is 8. The molecular formula is C27H36N2O3. The topological polar surface area (TPSA) is 50.8 Å². The van der Waals surface area contributed by atoms with Crippen molar-refractivity contribution in [1.29, 1.82) is 0 Å². The number of benzene rings is 2. The highest BCUT2D eigenvalue weighted by molar-refractivity contribution is 5.78. The van der Waals surface area contributed by atoms with Crippen LogP contribution in [0.1, 0.15) is 62.6 Å². The van der Waals surface area contributed by atoms with Crippen molar-refractivity contribution in [2.75, 3.05) is 26.3 Å². The quantitative estimate of drug-likeness (QED) is 0.645. The molecule has 4 rings (SSSR count). The Hall–Kier alpha value is -2.53. The summed E-state index contributed by atoms with van der Waals surface area (Å²) in [7, 11) is 0. The van der Waals surface area contributed by atoms with Crippen LogP contribution in [0.4, 0.5) is 0 Å². The largest absolute Gasteiger partial charge is 0.490 e. The Balaban J connectivity index is 1.41. The first kappa shape index (κ1) is 22.7. The second kappa shape index (κ2) is 10.4. The molecule has 172 valence electrons. The summed E-state index contributed by atoms with van der Waals surface area (Å²) in [5.74, 6) is 1.39. The molecule has 1 unspecified atom stereocenters. The molecule has 0 aromatic heterocycles. The van der Waals surface area contributed by atoms with E-state index in [0.29, 0.717) is 18.1 Å². The minimum absolute atomic E-state index is 0.0311. The summed E-state index contributed by atoms with van der Waals surface area (Å²) in [5.41, 5.74) is 3.97. The van der Waals surface area contributed by atoms with E-state index < -0.39 is 0 Å². The highest BCUT2D eigenvalue weighted by atomic mass is 16.5. The molecule has 32 heavy (non-hydrogen) atoms. The molecule has 1 saturated heterocycles. The van der Waals surface area contributed by atoms with Gasteiger partial charge in [0.1, 0.15) is 0 Å². The van der Waals surface area contributed by atoms with E-state index in [1.165, 1.54) is 24.0 Å². The minimum atomic E-state index is -0.0311. The molecule has 1 amide bonds. The van der Waals surface area contributed by atoms with E-state index in [-0.39, 0.29) is 18.1 Å². The summed E-state index contributed by atoms with van der Waals surface area (Å²) in [5, 5.41) is 3.80. The maximum Gasteiger partial charge on any atom is 0.260 e. The number of fused-ring (bicyclic) bond motifs is 1. The predicted octanol–water partition coefficient (Wildman–Crippen LogP) is 4.82. The fourth-order valence-electron chi connectivity index (χ4n) is 4.95. The van der Waals surface area contributed by atoms with E-state index >= 15 is 0 Å². The highest BCUT2D eigenvalue weighted by Gasteiger charge is 2.31. The summed E-state index contributed by atoms with van der Waals surface area (Å²) in [6, 6.07) is 14.8. The maximum atomic E-state index is 12.5. The SMILES string of the molecule is CCOc1cc(CNC2(C)CCCc3ccccc32)ccc1OCC(=O)N1CCCCC1. The lowest BCUT2D eigenvalue weighted by Crippen LogP contribution is -2.41. The third-order valence-electron chi connectivity index (χ3n) is 6.79. The molecular weight excluding hydrogens is 400 g/mol. The van der Waals surface area contributed by atoms with Crippen LogP contribution < -0.4 is 14.8 Å². The van der Waals surface area contributed by atoms with Crippen LogP contribution in [0.15, 0.2) is 42.5 Å². The fourth-order valence-corrected chi connectivity index (χ4v) is 4.95. The number of hydrogen-bond donors (Lipinski definition) is 1. The lowest BCUT2D eigenvalue weighted by atomic mass is 9.77. The number of piperidine rings is 1. The molecule has 1 atom stereocenters. The zero-order chi connectivity index (χ0) is 22.4. The monoisotopic (exact) mass is 436 g/mol. The van der Waals surface area contributed by atoms with Gasteiger partial charge >= 0.3 is 0 Å². The Labute approximate surface area is 192 Å². The molecule has 2 aromatic carbocycles. The van der Waals surface area contributed by atoms with E-state index in [1.807, 2.05) is 24.0 Å². The van der Waals surface area contributed by atoms with Crippen molar-refractivity contribution in [2.45, 2.75) is 64.5 Å². The van der Waals surface area contributed by atoms with Gasteiger partial charge in [0, 0.05) is 25.2 Å². The van der Waals surface area contributed by atoms with Gasteiger partial charge in [-0.15, -0.1) is 0 Å². The number of carbonyl (C=O) groups is 1. The number of hydrogen-bond acceptors (Lipinski definition) is 4. The smallest absolute Gasteiger partial charge is 0.260 e. The lowest BCUT2D eigenvalue weighted by Gasteiger charge is -2.37. The second-order valence-corrected chi connectivity index (χ2v) is 9.14. The predicted molar refractivity (Wildman–Crippen MR) is 127 cm³/mol. The fraction of sp³-hybridized carbons (Fsp3) is 0.519. The number of carbonyl (C=O) groups excluding carboxylic acids is 1. The first-order valence-corrected chi connectivity index (χ1v) is 12.1. The van der Waals surface area contributed by atoms with Crippen molar-refractivity contribution in [1.82, 2.24) is 10.2 Å². The molecule has 1 fully saturated rings. The average molecular weight is 437 g/mol. The first-order valence-electron chi connectivity index (χ1n) is 12.1. The number of nitrogens with zero attached hydrogens (tertiary/aromatic N) is 1. The Morgan fingerprint density at radius 3 is 2.66 bits per heavy atom. The van der Waals surface area contributed by atoms with Crippen LogP contribution in [0.2, 0.25) is 0 Å². The summed E-state index contributed by atoms with van der Waals surface area (Å²) in [6.07, 6.45) is 6.86. The molecule has 5 heteroatoms.